The van der Waals surface area contributed by atoms with Gasteiger partial charge < -0.3 is 15.1 Å². The average Bonchev–Trinajstić information content (AvgIpc) is 2.94. The fourth-order valence-electron chi connectivity index (χ4n) is 2.20. The third-order valence-corrected chi connectivity index (χ3v) is 4.27. The molecule has 0 aliphatic carbocycles. The van der Waals surface area contributed by atoms with Crippen LogP contribution in [0.3, 0.4) is 0 Å². The van der Waals surface area contributed by atoms with Gasteiger partial charge in [0.15, 0.2) is 0 Å². The summed E-state index contributed by atoms with van der Waals surface area (Å²) in [5.41, 5.74) is 1.86. The van der Waals surface area contributed by atoms with Crippen molar-refractivity contribution in [1.82, 2.24) is 5.32 Å². The second kappa shape index (κ2) is 8.59. The molecule has 0 saturated carbocycles. The Labute approximate surface area is 146 Å². The van der Waals surface area contributed by atoms with Gasteiger partial charge in [0.1, 0.15) is 11.5 Å². The Morgan fingerprint density at radius 1 is 1.12 bits per heavy atom. The minimum Gasteiger partial charge on any atom is -0.464 e. The number of anilines is 1. The number of nitrogens with one attached hydrogen (secondary N) is 2. The number of hydrogen-bond acceptors (Lipinski definition) is 4. The van der Waals surface area contributed by atoms with E-state index in [2.05, 4.69) is 10.6 Å². The van der Waals surface area contributed by atoms with E-state index in [1.54, 1.807) is 0 Å². The van der Waals surface area contributed by atoms with Gasteiger partial charge in [-0.1, -0.05) is 12.1 Å². The molecule has 6 heteroatoms. The molecule has 24 heavy (non-hydrogen) atoms. The molecule has 5 nitrogen and oxygen atoms in total. The van der Waals surface area contributed by atoms with Crippen molar-refractivity contribution in [3.05, 3.63) is 53.5 Å². The van der Waals surface area contributed by atoms with Crippen molar-refractivity contribution in [1.29, 1.82) is 0 Å². The van der Waals surface area contributed by atoms with Crippen molar-refractivity contribution in [2.24, 2.45) is 0 Å². The van der Waals surface area contributed by atoms with E-state index in [1.165, 1.54) is 11.8 Å². The van der Waals surface area contributed by atoms with Crippen LogP contribution in [-0.2, 0) is 9.59 Å². The fraction of sp³-hybridized carbons (Fsp3) is 0.333. The lowest BCUT2D eigenvalue weighted by Gasteiger charge is -2.11. The van der Waals surface area contributed by atoms with E-state index in [9.17, 15) is 9.59 Å². The zero-order valence-electron chi connectivity index (χ0n) is 14.1. The highest BCUT2D eigenvalue weighted by Crippen LogP contribution is 2.16. The minimum absolute atomic E-state index is 0.117. The van der Waals surface area contributed by atoms with E-state index >= 15 is 0 Å². The largest absolute Gasteiger partial charge is 0.464 e. The molecule has 0 radical (unpaired) electrons. The second-order valence-corrected chi connectivity index (χ2v) is 6.63. The van der Waals surface area contributed by atoms with Gasteiger partial charge in [0.05, 0.1) is 17.5 Å². The minimum atomic E-state index is -0.187. The van der Waals surface area contributed by atoms with Crippen molar-refractivity contribution in [3.63, 3.8) is 0 Å². The molecular weight excluding hydrogens is 324 g/mol. The molecular formula is C18H22N2O3S. The first-order valence-corrected chi connectivity index (χ1v) is 8.89. The molecule has 1 atom stereocenters. The highest BCUT2D eigenvalue weighted by molar-refractivity contribution is 8.00. The van der Waals surface area contributed by atoms with Crippen LogP contribution in [-0.4, -0.2) is 23.3 Å². The van der Waals surface area contributed by atoms with Crippen LogP contribution in [0.4, 0.5) is 5.69 Å². The van der Waals surface area contributed by atoms with Gasteiger partial charge in [0.25, 0.3) is 0 Å². The highest BCUT2D eigenvalue weighted by Gasteiger charge is 2.13. The van der Waals surface area contributed by atoms with Crippen LogP contribution in [0, 0.1) is 13.8 Å². The maximum Gasteiger partial charge on any atom is 0.234 e. The van der Waals surface area contributed by atoms with Gasteiger partial charge in [-0.25, -0.2) is 0 Å². The van der Waals surface area contributed by atoms with Crippen LogP contribution in [0.25, 0.3) is 0 Å². The molecule has 128 valence electrons. The smallest absolute Gasteiger partial charge is 0.234 e. The molecule has 0 bridgehead atoms. The Morgan fingerprint density at radius 2 is 1.88 bits per heavy atom. The number of furan rings is 1. The fourth-order valence-corrected chi connectivity index (χ4v) is 2.83. The van der Waals surface area contributed by atoms with Gasteiger partial charge in [0, 0.05) is 5.69 Å². The maximum absolute atomic E-state index is 11.9. The van der Waals surface area contributed by atoms with Gasteiger partial charge >= 0.3 is 0 Å². The van der Waals surface area contributed by atoms with Crippen LogP contribution in [0.15, 0.2) is 40.8 Å². The SMILES string of the molecule is Cc1cccc(NC(=O)CSCC(=O)NC(C)c2ccc(C)o2)c1. The van der Waals surface area contributed by atoms with Gasteiger partial charge in [0.2, 0.25) is 11.8 Å². The Morgan fingerprint density at radius 3 is 2.54 bits per heavy atom. The summed E-state index contributed by atoms with van der Waals surface area (Å²) >= 11 is 1.28. The molecule has 2 rings (SSSR count). The number of carbonyl (C=O) groups is 2. The van der Waals surface area contributed by atoms with Crippen LogP contribution in [0.1, 0.15) is 30.0 Å². The van der Waals surface area contributed by atoms with Crippen LogP contribution in [0.2, 0.25) is 0 Å². The lowest BCUT2D eigenvalue weighted by atomic mass is 10.2. The summed E-state index contributed by atoms with van der Waals surface area (Å²) in [6.07, 6.45) is 0. The predicted octanol–water partition coefficient (Wildman–Crippen LogP) is 3.45. The second-order valence-electron chi connectivity index (χ2n) is 5.65. The molecule has 2 N–H and O–H groups in total. The van der Waals surface area contributed by atoms with Gasteiger partial charge in [-0.05, 0) is 50.6 Å². The van der Waals surface area contributed by atoms with Gasteiger partial charge in [-0.3, -0.25) is 9.59 Å². The summed E-state index contributed by atoms with van der Waals surface area (Å²) in [6.45, 7) is 5.70. The first kappa shape index (κ1) is 18.1. The van der Waals surface area contributed by atoms with E-state index in [1.807, 2.05) is 57.2 Å². The molecule has 0 fully saturated rings. The van der Waals surface area contributed by atoms with Crippen LogP contribution >= 0.6 is 11.8 Å². The Balaban J connectivity index is 1.69. The van der Waals surface area contributed by atoms with Gasteiger partial charge in [-0.15, -0.1) is 11.8 Å². The number of amides is 2. The first-order valence-electron chi connectivity index (χ1n) is 7.74. The number of thioether (sulfide) groups is 1. The van der Waals surface area contributed by atoms with Crippen LogP contribution in [0.5, 0.6) is 0 Å². The molecule has 2 aromatic rings. The molecule has 1 heterocycles. The van der Waals surface area contributed by atoms with Crippen LogP contribution < -0.4 is 10.6 Å². The zero-order chi connectivity index (χ0) is 17.5. The third-order valence-electron chi connectivity index (χ3n) is 3.33. The topological polar surface area (TPSA) is 71.3 Å². The zero-order valence-corrected chi connectivity index (χ0v) is 14.9. The lowest BCUT2D eigenvalue weighted by molar-refractivity contribution is -0.119. The summed E-state index contributed by atoms with van der Waals surface area (Å²) in [4.78, 5) is 23.8. The summed E-state index contributed by atoms with van der Waals surface area (Å²) in [5, 5.41) is 5.67. The summed E-state index contributed by atoms with van der Waals surface area (Å²) in [5.74, 6) is 1.76. The maximum atomic E-state index is 11.9. The molecule has 1 aromatic heterocycles. The number of rotatable bonds is 7. The van der Waals surface area contributed by atoms with Crippen molar-refractivity contribution >= 4 is 29.3 Å². The average molecular weight is 346 g/mol. The van der Waals surface area contributed by atoms with E-state index in [0.717, 1.165) is 22.8 Å². The summed E-state index contributed by atoms with van der Waals surface area (Å²) < 4.78 is 5.48. The van der Waals surface area contributed by atoms with Crippen molar-refractivity contribution < 1.29 is 14.0 Å². The predicted molar refractivity (Wildman–Crippen MR) is 97.1 cm³/mol. The van der Waals surface area contributed by atoms with E-state index in [0.29, 0.717) is 0 Å². The Hall–Kier alpha value is -2.21. The van der Waals surface area contributed by atoms with E-state index in [-0.39, 0.29) is 29.4 Å². The summed E-state index contributed by atoms with van der Waals surface area (Å²) in [7, 11) is 0. The number of aryl methyl sites for hydroxylation is 2. The third kappa shape index (κ3) is 5.77. The van der Waals surface area contributed by atoms with Crippen molar-refractivity contribution in [2.45, 2.75) is 26.8 Å². The molecule has 0 aliphatic heterocycles. The number of hydrogen-bond donors (Lipinski definition) is 2. The van der Waals surface area contributed by atoms with Crippen molar-refractivity contribution in [2.75, 3.05) is 16.8 Å². The molecule has 0 aliphatic rings. The number of carbonyl (C=O) groups excluding carboxylic acids is 2. The number of benzene rings is 1. The van der Waals surface area contributed by atoms with Gasteiger partial charge in [-0.2, -0.15) is 0 Å². The van der Waals surface area contributed by atoms with Crippen molar-refractivity contribution in [3.8, 4) is 0 Å². The highest BCUT2D eigenvalue weighted by atomic mass is 32.2. The standard InChI is InChI=1S/C18H22N2O3S/c1-12-5-4-6-15(9-12)20-18(22)11-24-10-17(21)19-14(3)16-8-7-13(2)23-16/h4-9,14H,10-11H2,1-3H3,(H,19,21)(H,20,22). The molecule has 1 aromatic carbocycles. The lowest BCUT2D eigenvalue weighted by Crippen LogP contribution is -2.28. The molecule has 1 unspecified atom stereocenters. The Bertz CT molecular complexity index is 712. The Kier molecular flexibility index (Phi) is 6.49. The van der Waals surface area contributed by atoms with E-state index in [4.69, 9.17) is 4.42 Å². The molecule has 0 spiro atoms. The first-order chi connectivity index (χ1) is 11.4. The summed E-state index contributed by atoms with van der Waals surface area (Å²) in [6, 6.07) is 11.1. The molecule has 0 saturated heterocycles. The van der Waals surface area contributed by atoms with E-state index < -0.39 is 0 Å². The quantitative estimate of drug-likeness (QED) is 0.805. The molecule has 2 amide bonds. The monoisotopic (exact) mass is 346 g/mol. The normalized spacial score (nSPS) is 11.8.